The number of ether oxygens (including phenoxy) is 2. The molecule has 2 aliphatic heterocycles. The van der Waals surface area contributed by atoms with E-state index in [0.29, 0.717) is 0 Å². The SMILES string of the molecule is c1ccc2c(c1)Oc1cc(-n3c4ccccc4n4c5cc(-n6c7ccccc7c7ccccc76)ccc5nc34)cc3c1B2c1ccccc1O3. The zero-order chi connectivity index (χ0) is 32.5. The molecule has 7 aromatic carbocycles. The molecule has 6 nitrogen and oxygen atoms in total. The molecule has 0 fully saturated rings. The molecule has 0 radical (unpaired) electrons. The predicted molar refractivity (Wildman–Crippen MR) is 202 cm³/mol. The first-order valence-electron chi connectivity index (χ1n) is 16.9. The number of fused-ring (bicyclic) bond motifs is 12. The molecule has 232 valence electrons. The van der Waals surface area contributed by atoms with Gasteiger partial charge in [0, 0.05) is 34.1 Å². The number of hydrogen-bond acceptors (Lipinski definition) is 3. The van der Waals surface area contributed by atoms with E-state index in [0.717, 1.165) is 78.6 Å². The van der Waals surface area contributed by atoms with Gasteiger partial charge in [-0.15, -0.1) is 0 Å². The van der Waals surface area contributed by atoms with Crippen LogP contribution in [0.15, 0.2) is 152 Å². The van der Waals surface area contributed by atoms with Crippen molar-refractivity contribution in [3.63, 3.8) is 0 Å². The summed E-state index contributed by atoms with van der Waals surface area (Å²) in [5, 5.41) is 2.48. The van der Waals surface area contributed by atoms with Gasteiger partial charge in [-0.05, 0) is 65.5 Å². The zero-order valence-electron chi connectivity index (χ0n) is 26.6. The highest BCUT2D eigenvalue weighted by Gasteiger charge is 2.40. The highest BCUT2D eigenvalue weighted by atomic mass is 16.5. The molecule has 0 bridgehead atoms. The van der Waals surface area contributed by atoms with Gasteiger partial charge < -0.3 is 14.0 Å². The minimum Gasteiger partial charge on any atom is -0.458 e. The van der Waals surface area contributed by atoms with Crippen LogP contribution in [0.5, 0.6) is 23.0 Å². The lowest BCUT2D eigenvalue weighted by molar-refractivity contribution is 0.464. The number of hydrogen-bond donors (Lipinski definition) is 0. The van der Waals surface area contributed by atoms with E-state index >= 15 is 0 Å². The van der Waals surface area contributed by atoms with E-state index in [2.05, 4.69) is 153 Å². The standard InChI is InChI=1S/C43H25BN4O2/c1-5-15-33-28(11-1)29-12-2-6-16-34(29)46(33)26-21-22-32-37(23-26)48-36-18-8-7-17-35(36)47(43(48)45-32)27-24-40-42-41(25-27)50-39-20-10-4-14-31(39)44(42)30-13-3-9-19-38(30)49-40/h1-25H. The second-order valence-corrected chi connectivity index (χ2v) is 13.2. The van der Waals surface area contributed by atoms with Crippen molar-refractivity contribution in [3.05, 3.63) is 152 Å². The monoisotopic (exact) mass is 640 g/mol. The Kier molecular flexibility index (Phi) is 4.96. The average molecular weight is 641 g/mol. The van der Waals surface area contributed by atoms with Gasteiger partial charge in [-0.25, -0.2) is 4.98 Å². The van der Waals surface area contributed by atoms with Gasteiger partial charge in [-0.3, -0.25) is 8.97 Å². The first-order valence-corrected chi connectivity index (χ1v) is 16.9. The predicted octanol–water partition coefficient (Wildman–Crippen LogP) is 8.26. The summed E-state index contributed by atoms with van der Waals surface area (Å²) in [5.74, 6) is 4.18. The zero-order valence-corrected chi connectivity index (χ0v) is 26.6. The molecule has 50 heavy (non-hydrogen) atoms. The quantitative estimate of drug-likeness (QED) is 0.179. The van der Waals surface area contributed by atoms with Gasteiger partial charge in [-0.1, -0.05) is 84.9 Å². The Morgan fingerprint density at radius 2 is 1.00 bits per heavy atom. The third-order valence-electron chi connectivity index (χ3n) is 10.6. The van der Waals surface area contributed by atoms with Gasteiger partial charge in [0.2, 0.25) is 5.78 Å². The second kappa shape index (κ2) is 9.46. The minimum absolute atomic E-state index is 0.0265. The molecule has 0 spiro atoms. The first kappa shape index (κ1) is 26.3. The van der Waals surface area contributed by atoms with Crippen molar-refractivity contribution < 1.29 is 9.47 Å². The molecule has 0 saturated carbocycles. The van der Waals surface area contributed by atoms with Crippen LogP contribution in [0, 0.1) is 0 Å². The molecule has 10 aromatic rings. The van der Waals surface area contributed by atoms with Crippen molar-refractivity contribution in [3.8, 4) is 34.4 Å². The lowest BCUT2D eigenvalue weighted by Crippen LogP contribution is -2.57. The summed E-state index contributed by atoms with van der Waals surface area (Å²) >= 11 is 0. The highest BCUT2D eigenvalue weighted by molar-refractivity contribution is 6.98. The van der Waals surface area contributed by atoms with E-state index in [1.54, 1.807) is 0 Å². The molecule has 5 heterocycles. The number of para-hydroxylation sites is 6. The maximum Gasteiger partial charge on any atom is 0.260 e. The number of aromatic nitrogens is 4. The first-order chi connectivity index (χ1) is 24.8. The van der Waals surface area contributed by atoms with Crippen molar-refractivity contribution in [2.24, 2.45) is 0 Å². The summed E-state index contributed by atoms with van der Waals surface area (Å²) < 4.78 is 20.2. The summed E-state index contributed by atoms with van der Waals surface area (Å²) in [6.07, 6.45) is 0. The molecule has 12 rings (SSSR count). The summed E-state index contributed by atoms with van der Waals surface area (Å²) in [5.41, 5.74) is 11.8. The van der Waals surface area contributed by atoms with Gasteiger partial charge in [0.1, 0.15) is 23.0 Å². The minimum atomic E-state index is 0.0265. The van der Waals surface area contributed by atoms with E-state index in [9.17, 15) is 0 Å². The fourth-order valence-electron chi connectivity index (χ4n) is 8.49. The molecule has 2 aliphatic rings. The molecule has 7 heteroatoms. The van der Waals surface area contributed by atoms with Crippen LogP contribution in [-0.2, 0) is 0 Å². The van der Waals surface area contributed by atoms with E-state index in [-0.39, 0.29) is 6.71 Å². The number of imidazole rings is 2. The van der Waals surface area contributed by atoms with Gasteiger partial charge >= 0.3 is 0 Å². The molecule has 0 amide bonds. The fraction of sp³-hybridized carbons (Fsp3) is 0. The summed E-state index contributed by atoms with van der Waals surface area (Å²) in [6.45, 7) is 0.0265. The maximum atomic E-state index is 6.67. The third-order valence-corrected chi connectivity index (χ3v) is 10.6. The maximum absolute atomic E-state index is 6.67. The number of rotatable bonds is 2. The van der Waals surface area contributed by atoms with Crippen molar-refractivity contribution >= 4 is 72.8 Å². The van der Waals surface area contributed by atoms with E-state index < -0.39 is 0 Å². The molecule has 0 aliphatic carbocycles. The molecule has 0 saturated heterocycles. The molecule has 0 N–H and O–H groups in total. The Morgan fingerprint density at radius 1 is 0.440 bits per heavy atom. The lowest BCUT2D eigenvalue weighted by Gasteiger charge is -2.33. The van der Waals surface area contributed by atoms with Crippen LogP contribution in [0.3, 0.4) is 0 Å². The van der Waals surface area contributed by atoms with Gasteiger partial charge in [-0.2, -0.15) is 0 Å². The Bertz CT molecular complexity index is 2950. The summed E-state index contributed by atoms with van der Waals surface area (Å²) in [6, 6.07) is 53.3. The normalized spacial score (nSPS) is 13.1. The largest absolute Gasteiger partial charge is 0.458 e. The molecule has 3 aromatic heterocycles. The smallest absolute Gasteiger partial charge is 0.260 e. The fourth-order valence-corrected chi connectivity index (χ4v) is 8.49. The molecule has 0 atom stereocenters. The topological polar surface area (TPSA) is 45.6 Å². The van der Waals surface area contributed by atoms with E-state index in [4.69, 9.17) is 14.5 Å². The van der Waals surface area contributed by atoms with Gasteiger partial charge in [0.05, 0.1) is 38.8 Å². The van der Waals surface area contributed by atoms with Crippen LogP contribution in [0.2, 0.25) is 0 Å². The molecule has 0 unspecified atom stereocenters. The van der Waals surface area contributed by atoms with Crippen LogP contribution in [-0.4, -0.2) is 25.2 Å². The Labute approximate surface area is 286 Å². The van der Waals surface area contributed by atoms with Gasteiger partial charge in [0.25, 0.3) is 6.71 Å². The summed E-state index contributed by atoms with van der Waals surface area (Å²) in [4.78, 5) is 5.28. The van der Waals surface area contributed by atoms with E-state index in [1.165, 1.54) is 21.8 Å². The Balaban J connectivity index is 1.11. The van der Waals surface area contributed by atoms with Crippen molar-refractivity contribution in [2.75, 3.05) is 0 Å². The number of benzene rings is 7. The molecular formula is C43H25BN4O2. The van der Waals surface area contributed by atoms with Gasteiger partial charge in [0.15, 0.2) is 0 Å². The van der Waals surface area contributed by atoms with Crippen molar-refractivity contribution in [1.29, 1.82) is 0 Å². The Hall–Kier alpha value is -6.73. The Morgan fingerprint density at radius 3 is 1.66 bits per heavy atom. The highest BCUT2D eigenvalue weighted by Crippen LogP contribution is 2.39. The van der Waals surface area contributed by atoms with Crippen LogP contribution < -0.4 is 25.9 Å². The van der Waals surface area contributed by atoms with E-state index in [1.807, 2.05) is 12.1 Å². The number of nitrogens with zero attached hydrogens (tertiary/aromatic N) is 4. The second-order valence-electron chi connectivity index (χ2n) is 13.2. The van der Waals surface area contributed by atoms with Crippen LogP contribution in [0.1, 0.15) is 0 Å². The summed E-state index contributed by atoms with van der Waals surface area (Å²) in [7, 11) is 0. The lowest BCUT2D eigenvalue weighted by atomic mass is 9.35. The van der Waals surface area contributed by atoms with Crippen LogP contribution in [0.25, 0.3) is 61.0 Å². The average Bonchev–Trinajstić information content (AvgIpc) is 3.81. The molecular weight excluding hydrogens is 615 g/mol. The van der Waals surface area contributed by atoms with Crippen molar-refractivity contribution in [2.45, 2.75) is 0 Å². The van der Waals surface area contributed by atoms with Crippen molar-refractivity contribution in [1.82, 2.24) is 18.5 Å². The third kappa shape index (κ3) is 3.35. The van der Waals surface area contributed by atoms with Crippen LogP contribution >= 0.6 is 0 Å². The van der Waals surface area contributed by atoms with Crippen LogP contribution in [0.4, 0.5) is 0 Å².